The summed E-state index contributed by atoms with van der Waals surface area (Å²) in [5.74, 6) is -0.306. The monoisotopic (exact) mass is 296 g/mol. The highest BCUT2D eigenvalue weighted by molar-refractivity contribution is 6.33. The van der Waals surface area contributed by atoms with Crippen molar-refractivity contribution in [1.29, 1.82) is 0 Å². The maximum atomic E-state index is 11.4. The summed E-state index contributed by atoms with van der Waals surface area (Å²) in [6, 6.07) is 0. The van der Waals surface area contributed by atoms with E-state index in [0.717, 1.165) is 22.4 Å². The number of hydrogen-bond acceptors (Lipinski definition) is 2. The Labute approximate surface area is 124 Å². The molecule has 0 fully saturated rings. The predicted octanol–water partition coefficient (Wildman–Crippen LogP) is 3.69. The van der Waals surface area contributed by atoms with Crippen molar-refractivity contribution in [2.24, 2.45) is 0 Å². The van der Waals surface area contributed by atoms with Crippen molar-refractivity contribution in [2.75, 3.05) is 10.6 Å². The zero-order valence-corrected chi connectivity index (χ0v) is 13.4. The molecule has 4 nitrogen and oxygen atoms in total. The molecule has 0 heterocycles. The highest BCUT2D eigenvalue weighted by Gasteiger charge is 2.20. The number of halogens is 1. The Kier molecular flexibility index (Phi) is 5.57. The second-order valence-electron chi connectivity index (χ2n) is 4.72. The number of rotatable bonds is 4. The van der Waals surface area contributed by atoms with E-state index in [1.807, 2.05) is 20.8 Å². The number of benzene rings is 1. The maximum Gasteiger partial charge on any atom is 0.221 e. The van der Waals surface area contributed by atoms with E-state index in [2.05, 4.69) is 10.6 Å². The molecular formula is C15H21ClN2O2. The number of amides is 2. The molecular weight excluding hydrogens is 276 g/mol. The number of carbonyl (C=O) groups is 2. The lowest BCUT2D eigenvalue weighted by Gasteiger charge is -2.22. The van der Waals surface area contributed by atoms with Crippen molar-refractivity contribution in [2.45, 2.75) is 47.5 Å². The van der Waals surface area contributed by atoms with Crippen molar-refractivity contribution >= 4 is 34.8 Å². The molecule has 1 aromatic rings. The first-order chi connectivity index (χ1) is 9.33. The molecule has 0 saturated heterocycles. The van der Waals surface area contributed by atoms with Gasteiger partial charge in [-0.25, -0.2) is 0 Å². The van der Waals surface area contributed by atoms with Crippen molar-refractivity contribution in [3.8, 4) is 0 Å². The molecule has 0 aliphatic rings. The van der Waals surface area contributed by atoms with Gasteiger partial charge in [0.1, 0.15) is 0 Å². The van der Waals surface area contributed by atoms with Crippen LogP contribution in [0.25, 0.3) is 0 Å². The van der Waals surface area contributed by atoms with Crippen LogP contribution in [0.4, 0.5) is 11.4 Å². The average Bonchev–Trinajstić information content (AvgIpc) is 2.35. The smallest absolute Gasteiger partial charge is 0.221 e. The Balaban J connectivity index is 3.64. The van der Waals surface area contributed by atoms with Crippen LogP contribution < -0.4 is 10.6 Å². The summed E-state index contributed by atoms with van der Waals surface area (Å²) in [6.45, 7) is 8.77. The lowest BCUT2D eigenvalue weighted by atomic mass is 9.96. The summed E-state index contributed by atoms with van der Waals surface area (Å²) in [5, 5.41) is 6.27. The van der Waals surface area contributed by atoms with Gasteiger partial charge in [0.25, 0.3) is 0 Å². The average molecular weight is 297 g/mol. The van der Waals surface area contributed by atoms with Crippen molar-refractivity contribution < 1.29 is 9.59 Å². The van der Waals surface area contributed by atoms with Crippen LogP contribution in [0.1, 0.15) is 44.4 Å². The first kappa shape index (κ1) is 16.5. The van der Waals surface area contributed by atoms with Gasteiger partial charge >= 0.3 is 0 Å². The minimum Gasteiger partial charge on any atom is -0.326 e. The molecule has 2 N–H and O–H groups in total. The molecule has 110 valence electrons. The summed E-state index contributed by atoms with van der Waals surface area (Å²) in [6.07, 6.45) is 1.40. The van der Waals surface area contributed by atoms with Gasteiger partial charge in [-0.1, -0.05) is 25.4 Å². The van der Waals surface area contributed by atoms with Crippen LogP contribution in [0.3, 0.4) is 0 Å². The molecule has 20 heavy (non-hydrogen) atoms. The molecule has 0 radical (unpaired) electrons. The second-order valence-corrected chi connectivity index (χ2v) is 5.09. The van der Waals surface area contributed by atoms with Gasteiger partial charge in [0.05, 0.1) is 16.4 Å². The quantitative estimate of drug-likeness (QED) is 0.890. The van der Waals surface area contributed by atoms with Crippen molar-refractivity contribution in [3.63, 3.8) is 0 Å². The Bertz CT molecular complexity index is 554. The summed E-state index contributed by atoms with van der Waals surface area (Å²) in [7, 11) is 0. The highest BCUT2D eigenvalue weighted by Crippen LogP contribution is 2.39. The van der Waals surface area contributed by atoms with E-state index in [-0.39, 0.29) is 11.8 Å². The van der Waals surface area contributed by atoms with Gasteiger partial charge < -0.3 is 10.6 Å². The van der Waals surface area contributed by atoms with Crippen LogP contribution in [-0.4, -0.2) is 11.8 Å². The summed E-state index contributed by atoms with van der Waals surface area (Å²) in [4.78, 5) is 22.8. The molecule has 2 amide bonds. The first-order valence-electron chi connectivity index (χ1n) is 6.72. The van der Waals surface area contributed by atoms with E-state index in [1.54, 1.807) is 0 Å². The van der Waals surface area contributed by atoms with Crippen molar-refractivity contribution in [1.82, 2.24) is 0 Å². The standard InChI is InChI=1S/C15H21ClN2O2/c1-6-11-13(16)8(3)14(17-9(4)19)12(7-2)15(11)18-10(5)20/h6-7H2,1-5H3,(H,17,19)(H,18,20). The van der Waals surface area contributed by atoms with E-state index < -0.39 is 0 Å². The molecule has 0 aromatic heterocycles. The minimum absolute atomic E-state index is 0.150. The maximum absolute atomic E-state index is 11.4. The lowest BCUT2D eigenvalue weighted by molar-refractivity contribution is -0.115. The normalized spacial score (nSPS) is 10.3. The molecule has 0 aliphatic carbocycles. The van der Waals surface area contributed by atoms with Crippen LogP contribution in [0.2, 0.25) is 5.02 Å². The fourth-order valence-corrected chi connectivity index (χ4v) is 2.66. The molecule has 0 bridgehead atoms. The number of carbonyl (C=O) groups excluding carboxylic acids is 2. The molecule has 5 heteroatoms. The Morgan fingerprint density at radius 2 is 1.40 bits per heavy atom. The highest BCUT2D eigenvalue weighted by atomic mass is 35.5. The third-order valence-corrected chi connectivity index (χ3v) is 3.70. The Morgan fingerprint density at radius 1 is 0.950 bits per heavy atom. The van der Waals surface area contributed by atoms with Crippen LogP contribution in [0.15, 0.2) is 0 Å². The molecule has 0 aliphatic heterocycles. The van der Waals surface area contributed by atoms with E-state index in [4.69, 9.17) is 11.6 Å². The van der Waals surface area contributed by atoms with Gasteiger partial charge in [-0.05, 0) is 36.5 Å². The van der Waals surface area contributed by atoms with Gasteiger partial charge in [-0.15, -0.1) is 0 Å². The largest absolute Gasteiger partial charge is 0.326 e. The zero-order valence-electron chi connectivity index (χ0n) is 12.6. The van der Waals surface area contributed by atoms with Gasteiger partial charge in [0.15, 0.2) is 0 Å². The van der Waals surface area contributed by atoms with E-state index in [0.29, 0.717) is 23.6 Å². The van der Waals surface area contributed by atoms with E-state index in [9.17, 15) is 9.59 Å². The van der Waals surface area contributed by atoms with Gasteiger partial charge in [0, 0.05) is 13.8 Å². The molecule has 1 aromatic carbocycles. The van der Waals surface area contributed by atoms with Gasteiger partial charge in [0.2, 0.25) is 11.8 Å². The molecule has 0 saturated carbocycles. The zero-order chi connectivity index (χ0) is 15.4. The SMILES string of the molecule is CCc1c(Cl)c(C)c(NC(C)=O)c(CC)c1NC(C)=O. The van der Waals surface area contributed by atoms with E-state index in [1.165, 1.54) is 13.8 Å². The predicted molar refractivity (Wildman–Crippen MR) is 83.6 cm³/mol. The molecule has 1 rings (SSSR count). The minimum atomic E-state index is -0.156. The molecule has 0 unspecified atom stereocenters. The lowest BCUT2D eigenvalue weighted by Crippen LogP contribution is -2.16. The summed E-state index contributed by atoms with van der Waals surface area (Å²) >= 11 is 6.40. The topological polar surface area (TPSA) is 58.2 Å². The van der Waals surface area contributed by atoms with Crippen LogP contribution in [0.5, 0.6) is 0 Å². The van der Waals surface area contributed by atoms with Crippen LogP contribution >= 0.6 is 11.6 Å². The fraction of sp³-hybridized carbons (Fsp3) is 0.467. The Hall–Kier alpha value is -1.55. The van der Waals surface area contributed by atoms with Crippen molar-refractivity contribution in [3.05, 3.63) is 21.7 Å². The number of nitrogens with one attached hydrogen (secondary N) is 2. The third kappa shape index (κ3) is 3.31. The second kappa shape index (κ2) is 6.75. The van der Waals surface area contributed by atoms with Gasteiger partial charge in [-0.3, -0.25) is 9.59 Å². The Morgan fingerprint density at radius 3 is 1.80 bits per heavy atom. The van der Waals surface area contributed by atoms with E-state index >= 15 is 0 Å². The van der Waals surface area contributed by atoms with Crippen LogP contribution in [0, 0.1) is 6.92 Å². The first-order valence-corrected chi connectivity index (χ1v) is 7.10. The number of hydrogen-bond donors (Lipinski definition) is 2. The van der Waals surface area contributed by atoms with Crippen LogP contribution in [-0.2, 0) is 22.4 Å². The molecule has 0 spiro atoms. The fourth-order valence-electron chi connectivity index (χ4n) is 2.34. The molecule has 0 atom stereocenters. The third-order valence-electron chi connectivity index (χ3n) is 3.18. The number of anilines is 2. The summed E-state index contributed by atoms with van der Waals surface area (Å²) < 4.78 is 0. The summed E-state index contributed by atoms with van der Waals surface area (Å²) in [5.41, 5.74) is 4.08. The van der Waals surface area contributed by atoms with Gasteiger partial charge in [-0.2, -0.15) is 0 Å².